The van der Waals surface area contributed by atoms with E-state index >= 15 is 0 Å². The second-order valence-corrected chi connectivity index (χ2v) is 5.87. The summed E-state index contributed by atoms with van der Waals surface area (Å²) in [6.45, 7) is 0.817. The lowest BCUT2D eigenvalue weighted by molar-refractivity contribution is -0.121. The van der Waals surface area contributed by atoms with Gasteiger partial charge in [0.05, 0.1) is 18.4 Å². The number of rotatable bonds is 6. The molecule has 0 spiro atoms. The molecular weight excluding hydrogens is 328 g/mol. The van der Waals surface area contributed by atoms with Crippen molar-refractivity contribution in [3.8, 4) is 11.1 Å². The van der Waals surface area contributed by atoms with Crippen LogP contribution in [0.25, 0.3) is 11.1 Å². The lowest BCUT2D eigenvalue weighted by Gasteiger charge is -2.14. The van der Waals surface area contributed by atoms with Crippen LogP contribution in [-0.2, 0) is 14.3 Å². The Morgan fingerprint density at radius 3 is 2.76 bits per heavy atom. The topological polar surface area (TPSA) is 47.6 Å². The molecule has 132 valence electrons. The number of carbonyl (C=O) groups is 1. The Labute approximate surface area is 144 Å². The van der Waals surface area contributed by atoms with Gasteiger partial charge < -0.3 is 14.8 Å². The van der Waals surface area contributed by atoms with Crippen molar-refractivity contribution in [2.75, 3.05) is 25.1 Å². The summed E-state index contributed by atoms with van der Waals surface area (Å²) >= 11 is 0. The van der Waals surface area contributed by atoms with E-state index in [1.165, 1.54) is 6.07 Å². The lowest BCUT2D eigenvalue weighted by Crippen LogP contribution is -2.23. The predicted molar refractivity (Wildman–Crippen MR) is 90.2 cm³/mol. The van der Waals surface area contributed by atoms with Crippen molar-refractivity contribution in [3.05, 3.63) is 54.1 Å². The van der Waals surface area contributed by atoms with Crippen LogP contribution in [0, 0.1) is 11.6 Å². The van der Waals surface area contributed by atoms with Crippen molar-refractivity contribution in [2.45, 2.75) is 18.9 Å². The van der Waals surface area contributed by atoms with Gasteiger partial charge >= 0.3 is 0 Å². The van der Waals surface area contributed by atoms with Crippen molar-refractivity contribution < 1.29 is 23.0 Å². The number of hydrogen-bond acceptors (Lipinski definition) is 3. The Hall–Kier alpha value is -2.31. The van der Waals surface area contributed by atoms with E-state index < -0.39 is 17.5 Å². The summed E-state index contributed by atoms with van der Waals surface area (Å²) in [5, 5.41) is 2.48. The average molecular weight is 347 g/mol. The van der Waals surface area contributed by atoms with Crippen molar-refractivity contribution in [2.24, 2.45) is 0 Å². The smallest absolute Gasteiger partial charge is 0.250 e. The maximum Gasteiger partial charge on any atom is 0.250 e. The van der Waals surface area contributed by atoms with Gasteiger partial charge in [0.15, 0.2) is 0 Å². The maximum atomic E-state index is 14.2. The molecule has 2 aromatic rings. The number of hydrogen-bond donors (Lipinski definition) is 1. The SMILES string of the molecule is O=C(COC[C@@H]1CCCO1)Nc1c(F)cc(F)cc1-c1ccccc1. The molecule has 0 radical (unpaired) electrons. The molecule has 6 heteroatoms. The highest BCUT2D eigenvalue weighted by atomic mass is 19.1. The number of carbonyl (C=O) groups excluding carboxylic acids is 1. The molecule has 1 N–H and O–H groups in total. The Bertz CT molecular complexity index is 731. The lowest BCUT2D eigenvalue weighted by atomic mass is 10.0. The molecule has 1 heterocycles. The molecule has 4 nitrogen and oxygen atoms in total. The molecule has 1 aliphatic heterocycles. The standard InChI is InChI=1S/C19H19F2NO3/c20-14-9-16(13-5-2-1-3-6-13)19(17(21)10-14)22-18(23)12-24-11-15-7-4-8-25-15/h1-3,5-6,9-10,15H,4,7-8,11-12H2,(H,22,23)/t15-/m0/s1. The molecule has 3 rings (SSSR count). The van der Waals surface area contributed by atoms with Crippen LogP contribution in [-0.4, -0.2) is 31.8 Å². The normalized spacial score (nSPS) is 16.8. The molecule has 0 unspecified atom stereocenters. The van der Waals surface area contributed by atoms with Gasteiger partial charge in [-0.05, 0) is 24.5 Å². The molecule has 0 saturated carbocycles. The summed E-state index contributed by atoms with van der Waals surface area (Å²) < 4.78 is 38.6. The minimum atomic E-state index is -0.827. The Kier molecular flexibility index (Phi) is 5.73. The van der Waals surface area contributed by atoms with Crippen molar-refractivity contribution in [1.29, 1.82) is 0 Å². The molecule has 2 aromatic carbocycles. The number of amides is 1. The van der Waals surface area contributed by atoms with Gasteiger partial charge in [0.1, 0.15) is 18.2 Å². The van der Waals surface area contributed by atoms with Gasteiger partial charge in [-0.15, -0.1) is 0 Å². The monoisotopic (exact) mass is 347 g/mol. The zero-order chi connectivity index (χ0) is 17.6. The van der Waals surface area contributed by atoms with Crippen LogP contribution in [0.4, 0.5) is 14.5 Å². The van der Waals surface area contributed by atoms with Gasteiger partial charge in [0.25, 0.3) is 0 Å². The van der Waals surface area contributed by atoms with Crippen LogP contribution >= 0.6 is 0 Å². The van der Waals surface area contributed by atoms with Gasteiger partial charge in [-0.3, -0.25) is 4.79 Å². The summed E-state index contributed by atoms with van der Waals surface area (Å²) in [7, 11) is 0. The highest BCUT2D eigenvalue weighted by Gasteiger charge is 2.18. The van der Waals surface area contributed by atoms with Gasteiger partial charge in [-0.2, -0.15) is 0 Å². The molecule has 0 bridgehead atoms. The minimum absolute atomic E-state index is 0.00948. The molecule has 0 aliphatic carbocycles. The molecule has 1 fully saturated rings. The Morgan fingerprint density at radius 1 is 1.24 bits per heavy atom. The maximum absolute atomic E-state index is 14.2. The summed E-state index contributed by atoms with van der Waals surface area (Å²) in [5.41, 5.74) is 0.834. The summed E-state index contributed by atoms with van der Waals surface area (Å²) in [5.74, 6) is -2.03. The van der Waals surface area contributed by atoms with Crippen LogP contribution in [0.5, 0.6) is 0 Å². The molecule has 1 aliphatic rings. The van der Waals surface area contributed by atoms with E-state index in [0.717, 1.165) is 18.9 Å². The first-order valence-electron chi connectivity index (χ1n) is 8.17. The second kappa shape index (κ2) is 8.18. The van der Waals surface area contributed by atoms with E-state index in [1.54, 1.807) is 30.3 Å². The summed E-state index contributed by atoms with van der Waals surface area (Å²) in [6, 6.07) is 10.7. The third-order valence-corrected chi connectivity index (χ3v) is 3.97. The first kappa shape index (κ1) is 17.5. The van der Waals surface area contributed by atoms with E-state index in [0.29, 0.717) is 18.8 Å². The quantitative estimate of drug-likeness (QED) is 0.865. The van der Waals surface area contributed by atoms with Gasteiger partial charge in [0.2, 0.25) is 5.91 Å². The van der Waals surface area contributed by atoms with Crippen molar-refractivity contribution in [3.63, 3.8) is 0 Å². The minimum Gasteiger partial charge on any atom is -0.376 e. The zero-order valence-electron chi connectivity index (χ0n) is 13.6. The van der Waals surface area contributed by atoms with Crippen LogP contribution in [0.2, 0.25) is 0 Å². The Morgan fingerprint density at radius 2 is 2.04 bits per heavy atom. The predicted octanol–water partition coefficient (Wildman–Crippen LogP) is 3.77. The molecule has 1 saturated heterocycles. The number of nitrogens with one attached hydrogen (secondary N) is 1. The van der Waals surface area contributed by atoms with E-state index in [1.807, 2.05) is 0 Å². The second-order valence-electron chi connectivity index (χ2n) is 5.87. The van der Waals surface area contributed by atoms with Crippen LogP contribution < -0.4 is 5.32 Å². The van der Waals surface area contributed by atoms with Gasteiger partial charge in [-0.25, -0.2) is 8.78 Å². The molecular formula is C19H19F2NO3. The zero-order valence-corrected chi connectivity index (χ0v) is 13.6. The van der Waals surface area contributed by atoms with Crippen LogP contribution in [0.15, 0.2) is 42.5 Å². The highest BCUT2D eigenvalue weighted by molar-refractivity contribution is 5.96. The molecule has 1 amide bonds. The highest BCUT2D eigenvalue weighted by Crippen LogP contribution is 2.31. The third kappa shape index (κ3) is 4.61. The van der Waals surface area contributed by atoms with E-state index in [-0.39, 0.29) is 24.0 Å². The first-order chi connectivity index (χ1) is 12.1. The number of benzene rings is 2. The fourth-order valence-electron chi connectivity index (χ4n) is 2.78. The van der Waals surface area contributed by atoms with Gasteiger partial charge in [-0.1, -0.05) is 30.3 Å². The van der Waals surface area contributed by atoms with Gasteiger partial charge in [0, 0.05) is 18.2 Å². The first-order valence-corrected chi connectivity index (χ1v) is 8.17. The average Bonchev–Trinajstić information content (AvgIpc) is 3.11. The third-order valence-electron chi connectivity index (χ3n) is 3.97. The molecule has 25 heavy (non-hydrogen) atoms. The van der Waals surface area contributed by atoms with Crippen molar-refractivity contribution >= 4 is 11.6 Å². The number of halogens is 2. The molecule has 0 aromatic heterocycles. The number of anilines is 1. The fourth-order valence-corrected chi connectivity index (χ4v) is 2.78. The fraction of sp³-hybridized carbons (Fsp3) is 0.316. The largest absolute Gasteiger partial charge is 0.376 e. The number of ether oxygens (including phenoxy) is 2. The molecule has 1 atom stereocenters. The van der Waals surface area contributed by atoms with Crippen molar-refractivity contribution in [1.82, 2.24) is 0 Å². The van der Waals surface area contributed by atoms with E-state index in [2.05, 4.69) is 5.32 Å². The van der Waals surface area contributed by atoms with E-state index in [4.69, 9.17) is 9.47 Å². The summed E-state index contributed by atoms with van der Waals surface area (Å²) in [6.07, 6.45) is 1.91. The van der Waals surface area contributed by atoms with Crippen LogP contribution in [0.3, 0.4) is 0 Å². The van der Waals surface area contributed by atoms with E-state index in [9.17, 15) is 13.6 Å². The Balaban J connectivity index is 1.69. The summed E-state index contributed by atoms with van der Waals surface area (Å²) in [4.78, 5) is 12.1. The van der Waals surface area contributed by atoms with Crippen LogP contribution in [0.1, 0.15) is 12.8 Å².